The minimum Gasteiger partial charge on any atom is -0.448 e. The maximum atomic E-state index is 5.63. The molecule has 3 fully saturated rings. The highest BCUT2D eigenvalue weighted by atomic mass is 16.3. The number of aromatic nitrogens is 1. The third kappa shape index (κ3) is 1.41. The van der Waals surface area contributed by atoms with Gasteiger partial charge in [-0.1, -0.05) is 6.42 Å². The van der Waals surface area contributed by atoms with Crippen LogP contribution in [0, 0.1) is 11.8 Å². The van der Waals surface area contributed by atoms with Gasteiger partial charge in [-0.25, -0.2) is 4.98 Å². The van der Waals surface area contributed by atoms with E-state index >= 15 is 0 Å². The number of nitrogens with one attached hydrogen (secondary N) is 1. The topological polar surface area (TPSA) is 38.1 Å². The molecule has 2 atom stereocenters. The smallest absolute Gasteiger partial charge is 0.181 e. The maximum Gasteiger partial charge on any atom is 0.181 e. The Morgan fingerprint density at radius 2 is 2.06 bits per heavy atom. The summed E-state index contributed by atoms with van der Waals surface area (Å²) >= 11 is 0. The largest absolute Gasteiger partial charge is 0.448 e. The van der Waals surface area contributed by atoms with Crippen LogP contribution in [0.2, 0.25) is 0 Å². The van der Waals surface area contributed by atoms with E-state index in [2.05, 4.69) is 10.3 Å². The summed E-state index contributed by atoms with van der Waals surface area (Å²) in [7, 11) is 0. The quantitative estimate of drug-likeness (QED) is 0.843. The molecular weight excluding hydrogens is 200 g/mol. The zero-order valence-corrected chi connectivity index (χ0v) is 9.48. The fraction of sp³-hybridized carbons (Fsp3) is 0.769. The van der Waals surface area contributed by atoms with Gasteiger partial charge in [0.15, 0.2) is 6.39 Å². The first-order chi connectivity index (χ1) is 7.93. The van der Waals surface area contributed by atoms with Crippen molar-refractivity contribution in [3.63, 3.8) is 0 Å². The summed E-state index contributed by atoms with van der Waals surface area (Å²) in [5.41, 5.74) is 1.17. The highest BCUT2D eigenvalue weighted by Gasteiger charge is 2.55. The molecule has 0 radical (unpaired) electrons. The van der Waals surface area contributed by atoms with Gasteiger partial charge in [0.25, 0.3) is 0 Å². The second kappa shape index (κ2) is 3.33. The van der Waals surface area contributed by atoms with Gasteiger partial charge in [0, 0.05) is 18.5 Å². The lowest BCUT2D eigenvalue weighted by molar-refractivity contribution is 0.475. The van der Waals surface area contributed by atoms with Crippen molar-refractivity contribution in [2.24, 2.45) is 11.8 Å². The molecule has 0 amide bonds. The molecule has 4 rings (SSSR count). The molecule has 0 bridgehead atoms. The van der Waals surface area contributed by atoms with E-state index in [9.17, 15) is 0 Å². The lowest BCUT2D eigenvalue weighted by Gasteiger charge is -2.03. The molecule has 16 heavy (non-hydrogen) atoms. The van der Waals surface area contributed by atoms with Crippen molar-refractivity contribution < 1.29 is 4.42 Å². The average Bonchev–Trinajstić information content (AvgIpc) is 3.14. The molecule has 3 saturated carbocycles. The van der Waals surface area contributed by atoms with Crippen LogP contribution in [0.5, 0.6) is 0 Å². The minimum absolute atomic E-state index is 0.715. The molecule has 0 spiro atoms. The van der Waals surface area contributed by atoms with Crippen molar-refractivity contribution in [1.82, 2.24) is 10.3 Å². The molecule has 0 aromatic carbocycles. The first-order valence-electron chi connectivity index (χ1n) is 6.59. The normalized spacial score (nSPS) is 36.4. The van der Waals surface area contributed by atoms with Crippen molar-refractivity contribution in [2.45, 2.75) is 50.6 Å². The summed E-state index contributed by atoms with van der Waals surface area (Å²) in [4.78, 5) is 4.38. The van der Waals surface area contributed by atoms with E-state index in [4.69, 9.17) is 4.42 Å². The van der Waals surface area contributed by atoms with E-state index in [-0.39, 0.29) is 0 Å². The first kappa shape index (κ1) is 9.23. The molecule has 86 valence electrons. The van der Waals surface area contributed by atoms with E-state index in [1.54, 1.807) is 6.39 Å². The van der Waals surface area contributed by atoms with Gasteiger partial charge in [-0.05, 0) is 37.5 Å². The summed E-state index contributed by atoms with van der Waals surface area (Å²) in [5, 5.41) is 3.53. The van der Waals surface area contributed by atoms with Crippen molar-refractivity contribution in [3.05, 3.63) is 17.8 Å². The molecule has 1 aromatic heterocycles. The van der Waals surface area contributed by atoms with Crippen LogP contribution in [0.1, 0.15) is 49.5 Å². The highest BCUT2D eigenvalue weighted by molar-refractivity contribution is 5.25. The summed E-state index contributed by atoms with van der Waals surface area (Å²) in [6, 6.07) is 0.753. The third-order valence-electron chi connectivity index (χ3n) is 4.52. The average molecular weight is 218 g/mol. The molecule has 3 aliphatic rings. The van der Waals surface area contributed by atoms with E-state index in [1.807, 2.05) is 0 Å². The number of rotatable bonds is 4. The van der Waals surface area contributed by atoms with Gasteiger partial charge in [-0.15, -0.1) is 0 Å². The van der Waals surface area contributed by atoms with Gasteiger partial charge < -0.3 is 9.73 Å². The Bertz CT molecular complexity index is 386. The van der Waals surface area contributed by atoms with E-state index in [0.29, 0.717) is 5.92 Å². The molecule has 1 aromatic rings. The lowest BCUT2D eigenvalue weighted by Crippen LogP contribution is -2.16. The van der Waals surface area contributed by atoms with Crippen LogP contribution in [0.4, 0.5) is 0 Å². The molecule has 3 aliphatic carbocycles. The predicted octanol–water partition coefficient (Wildman–Crippen LogP) is 2.44. The fourth-order valence-corrected chi connectivity index (χ4v) is 3.42. The van der Waals surface area contributed by atoms with Crippen molar-refractivity contribution in [2.75, 3.05) is 0 Å². The minimum atomic E-state index is 0.715. The summed E-state index contributed by atoms with van der Waals surface area (Å²) in [6.07, 6.45) is 8.55. The lowest BCUT2D eigenvalue weighted by atomic mass is 10.1. The van der Waals surface area contributed by atoms with Gasteiger partial charge in [-0.3, -0.25) is 0 Å². The van der Waals surface area contributed by atoms with Crippen LogP contribution in [-0.2, 0) is 6.54 Å². The van der Waals surface area contributed by atoms with Crippen molar-refractivity contribution in [1.29, 1.82) is 0 Å². The van der Waals surface area contributed by atoms with Gasteiger partial charge >= 0.3 is 0 Å². The Morgan fingerprint density at radius 3 is 2.81 bits per heavy atom. The molecule has 0 saturated heterocycles. The summed E-state index contributed by atoms with van der Waals surface area (Å²) in [5.74, 6) is 3.76. The maximum absolute atomic E-state index is 5.63. The number of hydrogen-bond acceptors (Lipinski definition) is 3. The van der Waals surface area contributed by atoms with Crippen LogP contribution in [-0.4, -0.2) is 11.0 Å². The second-order valence-electron chi connectivity index (χ2n) is 5.60. The molecule has 1 N–H and O–H groups in total. The van der Waals surface area contributed by atoms with E-state index < -0.39 is 0 Å². The zero-order valence-electron chi connectivity index (χ0n) is 9.48. The summed E-state index contributed by atoms with van der Waals surface area (Å²) in [6.45, 7) is 0.909. The fourth-order valence-electron chi connectivity index (χ4n) is 3.42. The number of hydrogen-bond donors (Lipinski definition) is 1. The predicted molar refractivity (Wildman–Crippen MR) is 59.9 cm³/mol. The Hall–Kier alpha value is -0.830. The SMILES string of the molecule is c1nc(CNC2CC2)c(C2C3CCCC32)o1. The van der Waals surface area contributed by atoms with E-state index in [0.717, 1.165) is 24.4 Å². The number of nitrogens with zero attached hydrogens (tertiary/aromatic N) is 1. The Labute approximate surface area is 95.6 Å². The van der Waals surface area contributed by atoms with Crippen LogP contribution in [0.15, 0.2) is 10.8 Å². The molecule has 1 heterocycles. The molecule has 3 heteroatoms. The van der Waals surface area contributed by atoms with Crippen LogP contribution in [0.25, 0.3) is 0 Å². The molecule has 0 aliphatic heterocycles. The zero-order chi connectivity index (χ0) is 10.5. The van der Waals surface area contributed by atoms with Gasteiger partial charge in [0.05, 0.1) is 5.69 Å². The van der Waals surface area contributed by atoms with Crippen LogP contribution in [0.3, 0.4) is 0 Å². The van der Waals surface area contributed by atoms with Crippen molar-refractivity contribution in [3.8, 4) is 0 Å². The van der Waals surface area contributed by atoms with Crippen LogP contribution >= 0.6 is 0 Å². The monoisotopic (exact) mass is 218 g/mol. The van der Waals surface area contributed by atoms with Gasteiger partial charge in [0.2, 0.25) is 0 Å². The van der Waals surface area contributed by atoms with Crippen LogP contribution < -0.4 is 5.32 Å². The standard InChI is InChI=1S/C13H18N2O/c1-2-9-10(3-1)12(9)13-11(15-7-16-13)6-14-8-4-5-8/h7-10,12,14H,1-6H2. The molecule has 3 nitrogen and oxygen atoms in total. The Balaban J connectivity index is 1.48. The number of oxazole rings is 1. The van der Waals surface area contributed by atoms with Crippen molar-refractivity contribution >= 4 is 0 Å². The van der Waals surface area contributed by atoms with E-state index in [1.165, 1.54) is 43.6 Å². The molecular formula is C13H18N2O. The summed E-state index contributed by atoms with van der Waals surface area (Å²) < 4.78 is 5.63. The first-order valence-corrected chi connectivity index (χ1v) is 6.59. The van der Waals surface area contributed by atoms with Gasteiger partial charge in [-0.2, -0.15) is 0 Å². The van der Waals surface area contributed by atoms with Gasteiger partial charge in [0.1, 0.15) is 5.76 Å². The third-order valence-corrected chi connectivity index (χ3v) is 4.52. The number of fused-ring (bicyclic) bond motifs is 1. The Morgan fingerprint density at radius 1 is 1.25 bits per heavy atom. The second-order valence-corrected chi connectivity index (χ2v) is 5.60. The highest BCUT2D eigenvalue weighted by Crippen LogP contribution is 2.63. The molecule has 2 unspecified atom stereocenters. The Kier molecular flexibility index (Phi) is 1.92.